The second kappa shape index (κ2) is 5.73. The van der Waals surface area contributed by atoms with Gasteiger partial charge in [-0.3, -0.25) is 4.79 Å². The van der Waals surface area contributed by atoms with Crippen LogP contribution in [0.3, 0.4) is 0 Å². The molecule has 0 unspecified atom stereocenters. The number of nitrogens with one attached hydrogen (secondary N) is 1. The fraction of sp³-hybridized carbons (Fsp3) is 0.357. The Morgan fingerprint density at radius 1 is 1.35 bits per heavy atom. The van der Waals surface area contributed by atoms with E-state index in [1.165, 1.54) is 0 Å². The lowest BCUT2D eigenvalue weighted by Gasteiger charge is -2.11. The van der Waals surface area contributed by atoms with Crippen molar-refractivity contribution >= 4 is 11.6 Å². The number of nitrogens with two attached hydrogens (primary N) is 1. The smallest absolute Gasteiger partial charge is 0.253 e. The van der Waals surface area contributed by atoms with Gasteiger partial charge < -0.3 is 11.1 Å². The summed E-state index contributed by atoms with van der Waals surface area (Å²) in [6.45, 7) is 4.00. The molecule has 3 N–H and O–H groups in total. The fourth-order valence-corrected chi connectivity index (χ4v) is 2.01. The third-order valence-electron chi connectivity index (χ3n) is 3.07. The van der Waals surface area contributed by atoms with Crippen LogP contribution in [0.5, 0.6) is 0 Å². The molecule has 6 heteroatoms. The average Bonchev–Trinajstić information content (AvgIpc) is 2.89. The molecule has 0 saturated heterocycles. The highest BCUT2D eigenvalue weighted by Gasteiger charge is 2.16. The maximum Gasteiger partial charge on any atom is 0.253 e. The van der Waals surface area contributed by atoms with Crippen LogP contribution in [-0.4, -0.2) is 27.7 Å². The molecule has 1 aromatic heterocycles. The molecule has 0 radical (unpaired) electrons. The number of hydrogen-bond acceptors (Lipinski definition) is 4. The zero-order chi connectivity index (χ0) is 14.7. The number of rotatable bonds is 4. The van der Waals surface area contributed by atoms with E-state index >= 15 is 0 Å². The van der Waals surface area contributed by atoms with E-state index in [2.05, 4.69) is 15.4 Å². The number of amides is 1. The molecule has 1 amide bonds. The predicted octanol–water partition coefficient (Wildman–Crippen LogP) is 1.33. The van der Waals surface area contributed by atoms with Crippen molar-refractivity contribution in [2.75, 3.05) is 12.8 Å². The molecule has 2 rings (SSSR count). The number of aryl methyl sites for hydroxylation is 2. The van der Waals surface area contributed by atoms with Crippen LogP contribution in [0, 0.1) is 0 Å². The van der Waals surface area contributed by atoms with Gasteiger partial charge in [-0.25, -0.2) is 9.67 Å². The fourth-order valence-electron chi connectivity index (χ4n) is 2.01. The summed E-state index contributed by atoms with van der Waals surface area (Å²) in [5.41, 5.74) is 7.62. The van der Waals surface area contributed by atoms with Gasteiger partial charge in [0, 0.05) is 25.6 Å². The number of carbonyl (C=O) groups excluding carboxylic acids is 1. The maximum atomic E-state index is 12.0. The predicted molar refractivity (Wildman–Crippen MR) is 77.9 cm³/mol. The van der Waals surface area contributed by atoms with Gasteiger partial charge in [0.1, 0.15) is 5.82 Å². The molecule has 0 aliphatic heterocycles. The molecule has 2 aromatic rings. The molecule has 0 fully saturated rings. The van der Waals surface area contributed by atoms with Crippen molar-refractivity contribution in [1.82, 2.24) is 20.1 Å². The molecule has 1 heterocycles. The van der Waals surface area contributed by atoms with Crippen molar-refractivity contribution in [2.24, 2.45) is 0 Å². The molecule has 0 aliphatic carbocycles. The molecule has 0 spiro atoms. The molecule has 0 saturated carbocycles. The first kappa shape index (κ1) is 14.0. The first-order valence-electron chi connectivity index (χ1n) is 6.67. The van der Waals surface area contributed by atoms with E-state index in [1.54, 1.807) is 29.9 Å². The van der Waals surface area contributed by atoms with Gasteiger partial charge in [0.05, 0.1) is 11.3 Å². The van der Waals surface area contributed by atoms with Gasteiger partial charge >= 0.3 is 0 Å². The van der Waals surface area contributed by atoms with E-state index in [0.29, 0.717) is 16.9 Å². The van der Waals surface area contributed by atoms with E-state index in [0.717, 1.165) is 24.5 Å². The SMILES string of the molecule is CCc1nc(CC)n(-c2cc(N)ccc2C(=O)NC)n1. The summed E-state index contributed by atoms with van der Waals surface area (Å²) in [6.07, 6.45) is 1.48. The van der Waals surface area contributed by atoms with E-state index in [4.69, 9.17) is 5.73 Å². The zero-order valence-corrected chi connectivity index (χ0v) is 12.0. The summed E-state index contributed by atoms with van der Waals surface area (Å²) in [4.78, 5) is 16.4. The minimum absolute atomic E-state index is 0.171. The lowest BCUT2D eigenvalue weighted by atomic mass is 10.1. The highest BCUT2D eigenvalue weighted by Crippen LogP contribution is 2.20. The molecule has 0 atom stereocenters. The molecule has 6 nitrogen and oxygen atoms in total. The van der Waals surface area contributed by atoms with Crippen molar-refractivity contribution in [1.29, 1.82) is 0 Å². The Balaban J connectivity index is 2.64. The van der Waals surface area contributed by atoms with Gasteiger partial charge in [-0.15, -0.1) is 0 Å². The zero-order valence-electron chi connectivity index (χ0n) is 12.0. The van der Waals surface area contributed by atoms with Crippen LogP contribution in [-0.2, 0) is 12.8 Å². The van der Waals surface area contributed by atoms with Crippen LogP contribution >= 0.6 is 0 Å². The van der Waals surface area contributed by atoms with Crippen molar-refractivity contribution < 1.29 is 4.79 Å². The van der Waals surface area contributed by atoms with Gasteiger partial charge in [0.25, 0.3) is 5.91 Å². The Kier molecular flexibility index (Phi) is 4.02. The molecule has 1 aromatic carbocycles. The van der Waals surface area contributed by atoms with Crippen molar-refractivity contribution in [3.05, 3.63) is 35.4 Å². The molecule has 0 bridgehead atoms. The van der Waals surface area contributed by atoms with Gasteiger partial charge in [0.2, 0.25) is 0 Å². The van der Waals surface area contributed by atoms with Gasteiger partial charge in [-0.1, -0.05) is 13.8 Å². The molecule has 0 aliphatic rings. The lowest BCUT2D eigenvalue weighted by Crippen LogP contribution is -2.21. The Labute approximate surface area is 118 Å². The number of benzene rings is 1. The number of anilines is 1. The Hall–Kier alpha value is -2.37. The van der Waals surface area contributed by atoms with Crippen LogP contribution in [0.25, 0.3) is 5.69 Å². The maximum absolute atomic E-state index is 12.0. The highest BCUT2D eigenvalue weighted by molar-refractivity contribution is 5.98. The first-order chi connectivity index (χ1) is 9.60. The third kappa shape index (κ3) is 2.49. The molecule has 20 heavy (non-hydrogen) atoms. The number of nitrogens with zero attached hydrogens (tertiary/aromatic N) is 3. The van der Waals surface area contributed by atoms with Crippen LogP contribution < -0.4 is 11.1 Å². The Bertz CT molecular complexity index is 632. The lowest BCUT2D eigenvalue weighted by molar-refractivity contribution is 0.0963. The van der Waals surface area contributed by atoms with Crippen molar-refractivity contribution in [3.63, 3.8) is 0 Å². The van der Waals surface area contributed by atoms with Crippen molar-refractivity contribution in [2.45, 2.75) is 26.7 Å². The van der Waals surface area contributed by atoms with E-state index in [1.807, 2.05) is 13.8 Å². The van der Waals surface area contributed by atoms with Gasteiger partial charge in [-0.05, 0) is 18.2 Å². The largest absolute Gasteiger partial charge is 0.399 e. The molecule has 106 valence electrons. The Morgan fingerprint density at radius 2 is 2.10 bits per heavy atom. The normalized spacial score (nSPS) is 10.6. The van der Waals surface area contributed by atoms with Crippen LogP contribution in [0.15, 0.2) is 18.2 Å². The summed E-state index contributed by atoms with van der Waals surface area (Å²) in [5, 5.41) is 7.09. The topological polar surface area (TPSA) is 85.8 Å². The minimum atomic E-state index is -0.171. The van der Waals surface area contributed by atoms with Crippen molar-refractivity contribution in [3.8, 4) is 5.69 Å². The van der Waals surface area contributed by atoms with Crippen LogP contribution in [0.4, 0.5) is 5.69 Å². The summed E-state index contributed by atoms with van der Waals surface area (Å²) in [7, 11) is 1.60. The second-order valence-electron chi connectivity index (χ2n) is 4.42. The quantitative estimate of drug-likeness (QED) is 0.823. The highest BCUT2D eigenvalue weighted by atomic mass is 16.1. The number of nitrogen functional groups attached to an aromatic ring is 1. The van der Waals surface area contributed by atoms with E-state index in [-0.39, 0.29) is 5.91 Å². The molecular formula is C14H19N5O. The third-order valence-corrected chi connectivity index (χ3v) is 3.07. The van der Waals surface area contributed by atoms with Gasteiger partial charge in [-0.2, -0.15) is 5.10 Å². The first-order valence-corrected chi connectivity index (χ1v) is 6.67. The number of carbonyl (C=O) groups is 1. The minimum Gasteiger partial charge on any atom is -0.399 e. The van der Waals surface area contributed by atoms with E-state index in [9.17, 15) is 4.79 Å². The average molecular weight is 273 g/mol. The number of aromatic nitrogens is 3. The summed E-state index contributed by atoms with van der Waals surface area (Å²) in [6, 6.07) is 5.16. The van der Waals surface area contributed by atoms with Gasteiger partial charge in [0.15, 0.2) is 5.82 Å². The summed E-state index contributed by atoms with van der Waals surface area (Å²) >= 11 is 0. The molecular weight excluding hydrogens is 254 g/mol. The van der Waals surface area contributed by atoms with Crippen LogP contribution in [0.2, 0.25) is 0 Å². The monoisotopic (exact) mass is 273 g/mol. The van der Waals surface area contributed by atoms with Crippen LogP contribution in [0.1, 0.15) is 35.9 Å². The Morgan fingerprint density at radius 3 is 2.70 bits per heavy atom. The second-order valence-corrected chi connectivity index (χ2v) is 4.42. The van der Waals surface area contributed by atoms with E-state index < -0.39 is 0 Å². The standard InChI is InChI=1S/C14H19N5O/c1-4-12-17-13(5-2)19(18-12)11-8-9(15)6-7-10(11)14(20)16-3/h6-8H,4-5,15H2,1-3H3,(H,16,20). The summed E-state index contributed by atoms with van der Waals surface area (Å²) in [5.74, 6) is 1.40. The number of hydrogen-bond donors (Lipinski definition) is 2. The summed E-state index contributed by atoms with van der Waals surface area (Å²) < 4.78 is 1.71.